The summed E-state index contributed by atoms with van der Waals surface area (Å²) in [5, 5.41) is 4.19. The number of thiazole rings is 1. The van der Waals surface area contributed by atoms with Crippen LogP contribution in [0.25, 0.3) is 10.2 Å². The van der Waals surface area contributed by atoms with Crippen molar-refractivity contribution in [3.8, 4) is 0 Å². The van der Waals surface area contributed by atoms with E-state index < -0.39 is 0 Å². The van der Waals surface area contributed by atoms with E-state index in [0.29, 0.717) is 4.99 Å². The summed E-state index contributed by atoms with van der Waals surface area (Å²) in [5.41, 5.74) is 9.68. The molecule has 0 radical (unpaired) electrons. The molecule has 20 heavy (non-hydrogen) atoms. The highest BCUT2D eigenvalue weighted by Gasteiger charge is 2.04. The number of nitrogens with one attached hydrogen (secondary N) is 1. The van der Waals surface area contributed by atoms with Crippen molar-refractivity contribution in [3.05, 3.63) is 53.6 Å². The molecular formula is C15H13N3S2. The zero-order valence-electron chi connectivity index (χ0n) is 10.9. The second kappa shape index (κ2) is 5.19. The van der Waals surface area contributed by atoms with Crippen molar-refractivity contribution in [1.29, 1.82) is 0 Å². The third-order valence-electron chi connectivity index (χ3n) is 2.96. The van der Waals surface area contributed by atoms with Crippen LogP contribution in [0.3, 0.4) is 0 Å². The van der Waals surface area contributed by atoms with E-state index in [4.69, 9.17) is 18.0 Å². The molecule has 0 atom stereocenters. The summed E-state index contributed by atoms with van der Waals surface area (Å²) in [6.07, 6.45) is 0. The molecule has 100 valence electrons. The van der Waals surface area contributed by atoms with E-state index in [9.17, 15) is 0 Å². The fraction of sp³-hybridized carbons (Fsp3) is 0.0667. The van der Waals surface area contributed by atoms with Crippen LogP contribution in [0.5, 0.6) is 0 Å². The standard InChI is InChI=1S/C15H13N3S2/c1-9-2-7-12-13(8-9)20-15(18-12)17-11-5-3-10(4-6-11)14(16)19/h2-8H,1H3,(H2,16,19)(H,17,18). The van der Waals surface area contributed by atoms with Gasteiger partial charge in [0, 0.05) is 11.3 Å². The van der Waals surface area contributed by atoms with E-state index in [1.165, 1.54) is 10.3 Å². The third kappa shape index (κ3) is 2.64. The molecule has 0 aliphatic carbocycles. The zero-order valence-corrected chi connectivity index (χ0v) is 12.5. The Kier molecular flexibility index (Phi) is 3.38. The smallest absolute Gasteiger partial charge is 0.188 e. The molecule has 1 aromatic heterocycles. The van der Waals surface area contributed by atoms with Crippen molar-refractivity contribution in [2.45, 2.75) is 6.92 Å². The van der Waals surface area contributed by atoms with E-state index in [1.54, 1.807) is 11.3 Å². The molecular weight excluding hydrogens is 286 g/mol. The molecule has 0 amide bonds. The lowest BCUT2D eigenvalue weighted by molar-refractivity contribution is 1.43. The van der Waals surface area contributed by atoms with Crippen molar-refractivity contribution in [2.75, 3.05) is 5.32 Å². The van der Waals surface area contributed by atoms with Gasteiger partial charge in [-0.1, -0.05) is 29.6 Å². The van der Waals surface area contributed by atoms with Crippen LogP contribution in [0.4, 0.5) is 10.8 Å². The fourth-order valence-electron chi connectivity index (χ4n) is 1.93. The maximum atomic E-state index is 5.58. The molecule has 2 aromatic carbocycles. The number of anilines is 2. The Balaban J connectivity index is 1.87. The second-order valence-electron chi connectivity index (χ2n) is 4.56. The Morgan fingerprint density at radius 3 is 2.65 bits per heavy atom. The lowest BCUT2D eigenvalue weighted by Gasteiger charge is -2.03. The van der Waals surface area contributed by atoms with Crippen LogP contribution in [-0.4, -0.2) is 9.97 Å². The minimum Gasteiger partial charge on any atom is -0.389 e. The van der Waals surface area contributed by atoms with Gasteiger partial charge in [0.2, 0.25) is 0 Å². The summed E-state index contributed by atoms with van der Waals surface area (Å²) in [6, 6.07) is 14.0. The van der Waals surface area contributed by atoms with Gasteiger partial charge in [0.05, 0.1) is 10.2 Å². The fourth-order valence-corrected chi connectivity index (χ4v) is 3.05. The van der Waals surface area contributed by atoms with Crippen molar-refractivity contribution >= 4 is 49.6 Å². The van der Waals surface area contributed by atoms with Crippen LogP contribution in [-0.2, 0) is 0 Å². The highest BCUT2D eigenvalue weighted by molar-refractivity contribution is 7.80. The van der Waals surface area contributed by atoms with Gasteiger partial charge >= 0.3 is 0 Å². The number of fused-ring (bicyclic) bond motifs is 1. The monoisotopic (exact) mass is 299 g/mol. The minimum atomic E-state index is 0.409. The lowest BCUT2D eigenvalue weighted by Crippen LogP contribution is -2.08. The molecule has 0 aliphatic heterocycles. The maximum absolute atomic E-state index is 5.58. The zero-order chi connectivity index (χ0) is 14.1. The van der Waals surface area contributed by atoms with Crippen LogP contribution in [0.15, 0.2) is 42.5 Å². The molecule has 0 aliphatic rings. The summed E-state index contributed by atoms with van der Waals surface area (Å²) in [7, 11) is 0. The molecule has 1 heterocycles. The minimum absolute atomic E-state index is 0.409. The van der Waals surface area contributed by atoms with Crippen molar-refractivity contribution < 1.29 is 0 Å². The number of nitrogens with zero attached hydrogens (tertiary/aromatic N) is 1. The number of benzene rings is 2. The van der Waals surface area contributed by atoms with Crippen LogP contribution >= 0.6 is 23.6 Å². The number of thiocarbonyl (C=S) groups is 1. The number of hydrogen-bond acceptors (Lipinski definition) is 4. The van der Waals surface area contributed by atoms with E-state index in [1.807, 2.05) is 30.3 Å². The first-order valence-electron chi connectivity index (χ1n) is 6.16. The highest BCUT2D eigenvalue weighted by Crippen LogP contribution is 2.28. The quantitative estimate of drug-likeness (QED) is 0.718. The normalized spacial score (nSPS) is 10.7. The molecule has 0 fully saturated rings. The van der Waals surface area contributed by atoms with Crippen LogP contribution in [0.2, 0.25) is 0 Å². The Bertz CT molecular complexity index is 775. The van der Waals surface area contributed by atoms with E-state index >= 15 is 0 Å². The molecule has 0 saturated carbocycles. The summed E-state index contributed by atoms with van der Waals surface area (Å²) < 4.78 is 1.19. The van der Waals surface area contributed by atoms with Crippen LogP contribution in [0.1, 0.15) is 11.1 Å². The number of aromatic nitrogens is 1. The first kappa shape index (κ1) is 13.0. The molecule has 0 saturated heterocycles. The van der Waals surface area contributed by atoms with Gasteiger partial charge < -0.3 is 11.1 Å². The number of rotatable bonds is 3. The topological polar surface area (TPSA) is 50.9 Å². The average Bonchev–Trinajstić information content (AvgIpc) is 2.80. The molecule has 3 nitrogen and oxygen atoms in total. The van der Waals surface area contributed by atoms with Gasteiger partial charge in [0.15, 0.2) is 5.13 Å². The Morgan fingerprint density at radius 2 is 1.95 bits per heavy atom. The molecule has 3 N–H and O–H groups in total. The Hall–Kier alpha value is -1.98. The summed E-state index contributed by atoms with van der Waals surface area (Å²) in [5.74, 6) is 0. The SMILES string of the molecule is Cc1ccc2nc(Nc3ccc(C(N)=S)cc3)sc2c1. The highest BCUT2D eigenvalue weighted by atomic mass is 32.1. The number of nitrogens with two attached hydrogens (primary N) is 1. The van der Waals surface area contributed by atoms with Gasteiger partial charge in [-0.05, 0) is 48.9 Å². The molecule has 0 bridgehead atoms. The summed E-state index contributed by atoms with van der Waals surface area (Å²) >= 11 is 6.58. The summed E-state index contributed by atoms with van der Waals surface area (Å²) in [4.78, 5) is 4.97. The van der Waals surface area contributed by atoms with E-state index in [2.05, 4.69) is 29.4 Å². The van der Waals surface area contributed by atoms with Crippen LogP contribution < -0.4 is 11.1 Å². The van der Waals surface area contributed by atoms with Crippen LogP contribution in [0, 0.1) is 6.92 Å². The van der Waals surface area contributed by atoms with Gasteiger partial charge in [0.25, 0.3) is 0 Å². The molecule has 3 rings (SSSR count). The average molecular weight is 299 g/mol. The van der Waals surface area contributed by atoms with Gasteiger partial charge in [-0.3, -0.25) is 0 Å². The maximum Gasteiger partial charge on any atom is 0.188 e. The summed E-state index contributed by atoms with van der Waals surface area (Å²) in [6.45, 7) is 2.08. The number of aryl methyl sites for hydroxylation is 1. The Morgan fingerprint density at radius 1 is 1.20 bits per heavy atom. The van der Waals surface area contributed by atoms with Crippen molar-refractivity contribution in [2.24, 2.45) is 5.73 Å². The molecule has 5 heteroatoms. The van der Waals surface area contributed by atoms with Crippen molar-refractivity contribution in [1.82, 2.24) is 4.98 Å². The predicted molar refractivity (Wildman–Crippen MR) is 90.0 cm³/mol. The van der Waals surface area contributed by atoms with Gasteiger partial charge in [0.1, 0.15) is 4.99 Å². The van der Waals surface area contributed by atoms with Gasteiger partial charge in [-0.2, -0.15) is 0 Å². The molecule has 3 aromatic rings. The van der Waals surface area contributed by atoms with Crippen molar-refractivity contribution in [3.63, 3.8) is 0 Å². The first-order valence-corrected chi connectivity index (χ1v) is 7.38. The molecule has 0 unspecified atom stereocenters. The third-order valence-corrected chi connectivity index (χ3v) is 4.13. The predicted octanol–water partition coefficient (Wildman–Crippen LogP) is 3.98. The van der Waals surface area contributed by atoms with Gasteiger partial charge in [-0.15, -0.1) is 0 Å². The van der Waals surface area contributed by atoms with Gasteiger partial charge in [-0.25, -0.2) is 4.98 Å². The van der Waals surface area contributed by atoms with E-state index in [0.717, 1.165) is 21.9 Å². The lowest BCUT2D eigenvalue weighted by atomic mass is 10.2. The Labute approximate surface area is 126 Å². The first-order chi connectivity index (χ1) is 9.61. The second-order valence-corrected chi connectivity index (χ2v) is 6.03. The number of hydrogen-bond donors (Lipinski definition) is 2. The molecule has 0 spiro atoms. The largest absolute Gasteiger partial charge is 0.389 e. The van der Waals surface area contributed by atoms with E-state index in [-0.39, 0.29) is 0 Å².